The molecule has 1 aromatic rings. The Morgan fingerprint density at radius 1 is 1.40 bits per heavy atom. The summed E-state index contributed by atoms with van der Waals surface area (Å²) in [7, 11) is 0. The number of rotatable bonds is 6. The molecule has 0 aromatic carbocycles. The number of aliphatic hydroxyl groups excluding tert-OH is 2. The number of hydrogen-bond donors (Lipinski definition) is 3. The van der Waals surface area contributed by atoms with E-state index in [2.05, 4.69) is 4.98 Å². The number of carboxylic acids is 1. The molecule has 0 fully saturated rings. The van der Waals surface area contributed by atoms with Gasteiger partial charge in [-0.2, -0.15) is 4.98 Å². The number of oxazole rings is 1. The van der Waals surface area contributed by atoms with Crippen LogP contribution in [0.25, 0.3) is 0 Å². The highest BCUT2D eigenvalue weighted by Crippen LogP contribution is 2.12. The first-order valence-corrected chi connectivity index (χ1v) is 4.34. The molecule has 0 amide bonds. The molecule has 1 heterocycles. The number of aliphatic hydroxyl groups is 2. The van der Waals surface area contributed by atoms with E-state index >= 15 is 0 Å². The lowest BCUT2D eigenvalue weighted by Gasteiger charge is -2.17. The van der Waals surface area contributed by atoms with Crippen LogP contribution in [-0.2, 0) is 0 Å². The molecule has 1 rings (SSSR count). The van der Waals surface area contributed by atoms with Crippen LogP contribution in [-0.4, -0.2) is 52.6 Å². The van der Waals surface area contributed by atoms with Crippen LogP contribution in [0.4, 0.5) is 6.01 Å². The van der Waals surface area contributed by atoms with E-state index < -0.39 is 5.97 Å². The zero-order valence-corrected chi connectivity index (χ0v) is 7.96. The third kappa shape index (κ3) is 2.93. The molecular weight excluding hydrogens is 204 g/mol. The molecule has 15 heavy (non-hydrogen) atoms. The predicted octanol–water partition coefficient (Wildman–Crippen LogP) is -0.836. The average Bonchev–Trinajstić information content (AvgIpc) is 2.66. The maximum absolute atomic E-state index is 10.5. The molecule has 7 nitrogen and oxygen atoms in total. The highest BCUT2D eigenvalue weighted by molar-refractivity contribution is 5.85. The lowest BCUT2D eigenvalue weighted by atomic mass is 10.5. The smallest absolute Gasteiger partial charge is 0.357 e. The van der Waals surface area contributed by atoms with Crippen molar-refractivity contribution >= 4 is 12.0 Å². The van der Waals surface area contributed by atoms with Crippen molar-refractivity contribution in [2.45, 2.75) is 0 Å². The Balaban J connectivity index is 2.76. The van der Waals surface area contributed by atoms with Gasteiger partial charge in [-0.3, -0.25) is 0 Å². The number of aromatic nitrogens is 1. The number of carbonyl (C=O) groups is 1. The van der Waals surface area contributed by atoms with E-state index in [9.17, 15) is 4.79 Å². The molecule has 0 spiro atoms. The first-order valence-electron chi connectivity index (χ1n) is 4.34. The molecule has 0 saturated carbocycles. The van der Waals surface area contributed by atoms with Gasteiger partial charge in [-0.15, -0.1) is 0 Å². The van der Waals surface area contributed by atoms with Crippen molar-refractivity contribution in [3.63, 3.8) is 0 Å². The van der Waals surface area contributed by atoms with Gasteiger partial charge in [-0.05, 0) is 0 Å². The first-order chi connectivity index (χ1) is 7.19. The summed E-state index contributed by atoms with van der Waals surface area (Å²) in [5.41, 5.74) is -0.203. The van der Waals surface area contributed by atoms with Crippen LogP contribution >= 0.6 is 0 Å². The predicted molar refractivity (Wildman–Crippen MR) is 49.8 cm³/mol. The fraction of sp³-hybridized carbons (Fsp3) is 0.500. The first kappa shape index (κ1) is 11.5. The highest BCUT2D eigenvalue weighted by atomic mass is 16.4. The topological polar surface area (TPSA) is 107 Å². The number of carboxylic acid groups (broad SMARTS) is 1. The maximum atomic E-state index is 10.5. The van der Waals surface area contributed by atoms with Crippen molar-refractivity contribution in [1.82, 2.24) is 4.98 Å². The Bertz CT molecular complexity index is 319. The van der Waals surface area contributed by atoms with Gasteiger partial charge in [0.25, 0.3) is 6.01 Å². The summed E-state index contributed by atoms with van der Waals surface area (Å²) in [6.07, 6.45) is 1.01. The standard InChI is InChI=1S/C8H12N2O5/c11-3-1-10(2-4-12)8-9-6(5-15-8)7(13)14/h5,11-12H,1-4H2,(H,13,14). The van der Waals surface area contributed by atoms with Gasteiger partial charge >= 0.3 is 5.97 Å². The number of anilines is 1. The molecule has 0 aliphatic heterocycles. The molecule has 0 bridgehead atoms. The summed E-state index contributed by atoms with van der Waals surface area (Å²) in [5.74, 6) is -1.18. The van der Waals surface area contributed by atoms with Crippen molar-refractivity contribution < 1.29 is 24.5 Å². The van der Waals surface area contributed by atoms with Crippen molar-refractivity contribution in [2.75, 3.05) is 31.2 Å². The van der Waals surface area contributed by atoms with Gasteiger partial charge in [-0.1, -0.05) is 0 Å². The van der Waals surface area contributed by atoms with Crippen LogP contribution in [0.15, 0.2) is 10.7 Å². The van der Waals surface area contributed by atoms with Gasteiger partial charge in [-0.25, -0.2) is 4.79 Å². The second-order valence-corrected chi connectivity index (χ2v) is 2.75. The Morgan fingerprint density at radius 3 is 2.40 bits per heavy atom. The fourth-order valence-corrected chi connectivity index (χ4v) is 1.05. The summed E-state index contributed by atoms with van der Waals surface area (Å²) in [6.45, 7) is 0.176. The van der Waals surface area contributed by atoms with Gasteiger partial charge in [0.1, 0.15) is 6.26 Å². The van der Waals surface area contributed by atoms with Crippen LogP contribution in [0.2, 0.25) is 0 Å². The van der Waals surface area contributed by atoms with Gasteiger partial charge in [0.05, 0.1) is 13.2 Å². The molecular formula is C8H12N2O5. The zero-order chi connectivity index (χ0) is 11.3. The summed E-state index contributed by atoms with van der Waals surface area (Å²) >= 11 is 0. The lowest BCUT2D eigenvalue weighted by Crippen LogP contribution is -2.30. The minimum Gasteiger partial charge on any atom is -0.476 e. The van der Waals surface area contributed by atoms with Crippen LogP contribution < -0.4 is 4.90 Å². The van der Waals surface area contributed by atoms with E-state index in [4.69, 9.17) is 19.7 Å². The van der Waals surface area contributed by atoms with Crippen molar-refractivity contribution in [2.24, 2.45) is 0 Å². The summed E-state index contributed by atoms with van der Waals surface area (Å²) in [4.78, 5) is 15.6. The van der Waals surface area contributed by atoms with Crippen LogP contribution in [0.5, 0.6) is 0 Å². The van der Waals surface area contributed by atoms with E-state index in [1.165, 1.54) is 4.90 Å². The normalized spacial score (nSPS) is 10.3. The fourth-order valence-electron chi connectivity index (χ4n) is 1.05. The van der Waals surface area contributed by atoms with Crippen LogP contribution in [0.3, 0.4) is 0 Å². The Morgan fingerprint density at radius 2 is 2.00 bits per heavy atom. The number of hydrogen-bond acceptors (Lipinski definition) is 6. The zero-order valence-electron chi connectivity index (χ0n) is 7.96. The third-order valence-electron chi connectivity index (χ3n) is 1.72. The Hall–Kier alpha value is -1.60. The molecule has 84 valence electrons. The molecule has 1 aromatic heterocycles. The lowest BCUT2D eigenvalue weighted by molar-refractivity contribution is 0.0690. The van der Waals surface area contributed by atoms with Gasteiger partial charge in [0, 0.05) is 13.1 Å². The van der Waals surface area contributed by atoms with Gasteiger partial charge in [0.15, 0.2) is 5.69 Å². The second-order valence-electron chi connectivity index (χ2n) is 2.75. The molecule has 0 unspecified atom stereocenters. The Kier molecular flexibility index (Phi) is 4.07. The highest BCUT2D eigenvalue weighted by Gasteiger charge is 2.15. The molecule has 0 atom stereocenters. The maximum Gasteiger partial charge on any atom is 0.357 e. The van der Waals surface area contributed by atoms with Crippen molar-refractivity contribution in [1.29, 1.82) is 0 Å². The van der Waals surface area contributed by atoms with E-state index in [0.717, 1.165) is 6.26 Å². The summed E-state index contributed by atoms with van der Waals surface area (Å²) < 4.78 is 4.90. The number of nitrogens with zero attached hydrogens (tertiary/aromatic N) is 2. The van der Waals surface area contributed by atoms with Crippen LogP contribution in [0.1, 0.15) is 10.5 Å². The van der Waals surface area contributed by atoms with Crippen LogP contribution in [0, 0.1) is 0 Å². The monoisotopic (exact) mass is 216 g/mol. The largest absolute Gasteiger partial charge is 0.476 e. The van der Waals surface area contributed by atoms with E-state index in [1.807, 2.05) is 0 Å². The molecule has 0 aliphatic carbocycles. The molecule has 0 saturated heterocycles. The van der Waals surface area contributed by atoms with E-state index in [0.29, 0.717) is 0 Å². The van der Waals surface area contributed by atoms with Crippen molar-refractivity contribution in [3.8, 4) is 0 Å². The SMILES string of the molecule is O=C(O)c1coc(N(CCO)CCO)n1. The van der Waals surface area contributed by atoms with Gasteiger partial charge < -0.3 is 24.6 Å². The number of aromatic carboxylic acids is 1. The third-order valence-corrected chi connectivity index (χ3v) is 1.72. The minimum atomic E-state index is -1.18. The molecule has 0 radical (unpaired) electrons. The van der Waals surface area contributed by atoms with E-state index in [-0.39, 0.29) is 38.0 Å². The summed E-state index contributed by atoms with van der Waals surface area (Å²) in [5, 5.41) is 26.1. The van der Waals surface area contributed by atoms with Crippen molar-refractivity contribution in [3.05, 3.63) is 12.0 Å². The summed E-state index contributed by atoms with van der Waals surface area (Å²) in [6, 6.07) is 0.0792. The quantitative estimate of drug-likeness (QED) is 0.569. The molecule has 3 N–H and O–H groups in total. The van der Waals surface area contributed by atoms with Gasteiger partial charge in [0.2, 0.25) is 0 Å². The molecule has 7 heteroatoms. The average molecular weight is 216 g/mol. The second kappa shape index (κ2) is 5.32. The Labute approximate surface area is 85.6 Å². The molecule has 0 aliphatic rings. The van der Waals surface area contributed by atoms with E-state index in [1.54, 1.807) is 0 Å². The minimum absolute atomic E-state index is 0.0792.